The highest BCUT2D eigenvalue weighted by Crippen LogP contribution is 2.27. The van der Waals surface area contributed by atoms with E-state index in [-0.39, 0.29) is 0 Å². The molecule has 0 saturated heterocycles. The molecule has 0 spiro atoms. The lowest BCUT2D eigenvalue weighted by Gasteiger charge is -2.02. The first kappa shape index (κ1) is 6.41. The number of hydrogen-bond acceptors (Lipinski definition) is 0. The fraction of sp³-hybridized carbons (Fsp3) is 1.00. The molecule has 0 N–H and O–H groups in total. The molecule has 1 heteroatoms. The van der Waals surface area contributed by atoms with E-state index in [0.717, 1.165) is 11.8 Å². The molecule has 0 aromatic heterocycles. The maximum absolute atomic E-state index is 5.58. The maximum Gasteiger partial charge on any atom is 0.0226 e. The number of rotatable bonds is 2. The van der Waals surface area contributed by atoms with Gasteiger partial charge in [0.2, 0.25) is 0 Å². The third-order valence-corrected chi connectivity index (χ3v) is 2.21. The Kier molecular flexibility index (Phi) is 2.68. The Balaban J connectivity index is 2.06. The van der Waals surface area contributed by atoms with Crippen LogP contribution in [0.2, 0.25) is 0 Å². The van der Waals surface area contributed by atoms with Crippen LogP contribution in [0, 0.1) is 5.92 Å². The first-order chi connectivity index (χ1) is 3.93. The molecule has 0 aliphatic heterocycles. The van der Waals surface area contributed by atoms with Gasteiger partial charge in [0, 0.05) is 5.88 Å². The zero-order chi connectivity index (χ0) is 5.82. The summed E-state index contributed by atoms with van der Waals surface area (Å²) in [5.41, 5.74) is 0. The highest BCUT2D eigenvalue weighted by Gasteiger charge is 2.12. The van der Waals surface area contributed by atoms with Crippen molar-refractivity contribution in [2.24, 2.45) is 5.92 Å². The van der Waals surface area contributed by atoms with E-state index in [0.29, 0.717) is 0 Å². The summed E-state index contributed by atoms with van der Waals surface area (Å²) in [6.07, 6.45) is 7.02. The van der Waals surface area contributed by atoms with Crippen LogP contribution in [0.15, 0.2) is 0 Å². The fourth-order valence-corrected chi connectivity index (χ4v) is 1.76. The predicted octanol–water partition coefficient (Wildman–Crippen LogP) is 2.81. The van der Waals surface area contributed by atoms with Crippen molar-refractivity contribution in [3.63, 3.8) is 0 Å². The van der Waals surface area contributed by atoms with E-state index >= 15 is 0 Å². The summed E-state index contributed by atoms with van der Waals surface area (Å²) in [6, 6.07) is 0. The molecule has 0 unspecified atom stereocenters. The molecule has 0 amide bonds. The van der Waals surface area contributed by atoms with E-state index in [2.05, 4.69) is 0 Å². The molecule has 1 fully saturated rings. The monoisotopic (exact) mass is 132 g/mol. The van der Waals surface area contributed by atoms with Crippen LogP contribution in [-0.4, -0.2) is 5.88 Å². The van der Waals surface area contributed by atoms with Gasteiger partial charge in [0.05, 0.1) is 0 Å². The first-order valence-electron chi connectivity index (χ1n) is 3.49. The van der Waals surface area contributed by atoms with Crippen molar-refractivity contribution in [3.8, 4) is 0 Å². The van der Waals surface area contributed by atoms with Gasteiger partial charge in [-0.25, -0.2) is 0 Å². The minimum atomic E-state index is 0.866. The molecule has 0 aromatic rings. The smallest absolute Gasteiger partial charge is 0.0226 e. The average Bonchev–Trinajstić information content (AvgIpc) is 2.19. The SMILES string of the molecule is ClCCC1CCCC1. The third-order valence-electron chi connectivity index (χ3n) is 1.99. The summed E-state index contributed by atoms with van der Waals surface area (Å²) in [5, 5.41) is 0. The average molecular weight is 133 g/mol. The lowest BCUT2D eigenvalue weighted by molar-refractivity contribution is 0.533. The molecule has 1 aliphatic carbocycles. The van der Waals surface area contributed by atoms with E-state index in [4.69, 9.17) is 11.6 Å². The van der Waals surface area contributed by atoms with E-state index in [1.165, 1.54) is 32.1 Å². The van der Waals surface area contributed by atoms with Gasteiger partial charge in [0.1, 0.15) is 0 Å². The summed E-state index contributed by atoms with van der Waals surface area (Å²) in [4.78, 5) is 0. The second-order valence-corrected chi connectivity index (χ2v) is 3.01. The van der Waals surface area contributed by atoms with Crippen LogP contribution >= 0.6 is 11.6 Å². The molecule has 0 radical (unpaired) electrons. The molecule has 1 aliphatic rings. The van der Waals surface area contributed by atoms with Gasteiger partial charge < -0.3 is 0 Å². The van der Waals surface area contributed by atoms with Crippen LogP contribution in [0.25, 0.3) is 0 Å². The standard InChI is InChI=1S/C7H13Cl/c8-6-5-7-3-1-2-4-7/h7H,1-6H2. The van der Waals surface area contributed by atoms with Gasteiger partial charge in [0.25, 0.3) is 0 Å². The van der Waals surface area contributed by atoms with Crippen LogP contribution in [0.1, 0.15) is 32.1 Å². The van der Waals surface area contributed by atoms with Crippen LogP contribution in [0.5, 0.6) is 0 Å². The van der Waals surface area contributed by atoms with E-state index in [1.54, 1.807) is 0 Å². The van der Waals surface area contributed by atoms with Gasteiger partial charge in [-0.2, -0.15) is 0 Å². The molecule has 48 valence electrons. The molecule has 0 heterocycles. The molecule has 0 bridgehead atoms. The van der Waals surface area contributed by atoms with E-state index in [9.17, 15) is 0 Å². The summed E-state index contributed by atoms with van der Waals surface area (Å²) >= 11 is 5.58. The molecule has 0 nitrogen and oxygen atoms in total. The van der Waals surface area contributed by atoms with Crippen LogP contribution in [0.3, 0.4) is 0 Å². The Morgan fingerprint density at radius 1 is 1.25 bits per heavy atom. The first-order valence-corrected chi connectivity index (χ1v) is 4.03. The topological polar surface area (TPSA) is 0 Å². The van der Waals surface area contributed by atoms with Gasteiger partial charge in [-0.15, -0.1) is 11.6 Å². The maximum atomic E-state index is 5.58. The van der Waals surface area contributed by atoms with Gasteiger partial charge in [-0.3, -0.25) is 0 Å². The zero-order valence-corrected chi connectivity index (χ0v) is 5.95. The van der Waals surface area contributed by atoms with Gasteiger partial charge in [0.15, 0.2) is 0 Å². The van der Waals surface area contributed by atoms with E-state index in [1.807, 2.05) is 0 Å². The quantitative estimate of drug-likeness (QED) is 0.507. The Bertz CT molecular complexity index is 55.4. The molecule has 1 saturated carbocycles. The molecular weight excluding hydrogens is 120 g/mol. The normalized spacial score (nSPS) is 22.1. The zero-order valence-electron chi connectivity index (χ0n) is 5.20. The van der Waals surface area contributed by atoms with Crippen LogP contribution in [0.4, 0.5) is 0 Å². The molecule has 0 aromatic carbocycles. The fourth-order valence-electron chi connectivity index (χ4n) is 1.45. The minimum Gasteiger partial charge on any atom is -0.127 e. The Morgan fingerprint density at radius 2 is 1.88 bits per heavy atom. The lowest BCUT2D eigenvalue weighted by Crippen LogP contribution is -1.92. The second-order valence-electron chi connectivity index (χ2n) is 2.63. The van der Waals surface area contributed by atoms with Gasteiger partial charge in [-0.1, -0.05) is 25.7 Å². The highest BCUT2D eigenvalue weighted by molar-refractivity contribution is 6.17. The van der Waals surface area contributed by atoms with Crippen LogP contribution < -0.4 is 0 Å². The summed E-state index contributed by atoms with van der Waals surface area (Å²) < 4.78 is 0. The lowest BCUT2D eigenvalue weighted by atomic mass is 10.1. The van der Waals surface area contributed by atoms with Crippen LogP contribution in [-0.2, 0) is 0 Å². The Labute approximate surface area is 56.2 Å². The molecule has 0 atom stereocenters. The summed E-state index contributed by atoms with van der Waals surface area (Å²) in [6.45, 7) is 0. The molecular formula is C7H13Cl. The summed E-state index contributed by atoms with van der Waals surface area (Å²) in [5.74, 6) is 1.84. The van der Waals surface area contributed by atoms with Crippen molar-refractivity contribution in [2.75, 3.05) is 5.88 Å². The number of alkyl halides is 1. The van der Waals surface area contributed by atoms with Crippen molar-refractivity contribution in [1.29, 1.82) is 0 Å². The predicted molar refractivity (Wildman–Crippen MR) is 37.3 cm³/mol. The molecule has 1 rings (SSSR count). The minimum absolute atomic E-state index is 0.866. The number of hydrogen-bond donors (Lipinski definition) is 0. The molecule has 8 heavy (non-hydrogen) atoms. The van der Waals surface area contributed by atoms with Crippen molar-refractivity contribution in [2.45, 2.75) is 32.1 Å². The Morgan fingerprint density at radius 3 is 2.38 bits per heavy atom. The second kappa shape index (κ2) is 3.34. The van der Waals surface area contributed by atoms with Crippen molar-refractivity contribution < 1.29 is 0 Å². The van der Waals surface area contributed by atoms with Crippen molar-refractivity contribution in [1.82, 2.24) is 0 Å². The van der Waals surface area contributed by atoms with Crippen molar-refractivity contribution >= 4 is 11.6 Å². The van der Waals surface area contributed by atoms with Gasteiger partial charge >= 0.3 is 0 Å². The highest BCUT2D eigenvalue weighted by atomic mass is 35.5. The van der Waals surface area contributed by atoms with E-state index < -0.39 is 0 Å². The Hall–Kier alpha value is 0.290. The number of halogens is 1. The largest absolute Gasteiger partial charge is 0.127 e. The summed E-state index contributed by atoms with van der Waals surface area (Å²) in [7, 11) is 0. The third kappa shape index (κ3) is 1.66. The van der Waals surface area contributed by atoms with Gasteiger partial charge in [-0.05, 0) is 12.3 Å². The van der Waals surface area contributed by atoms with Crippen molar-refractivity contribution in [3.05, 3.63) is 0 Å².